The fourth-order valence-electron chi connectivity index (χ4n) is 0.565. The first kappa shape index (κ1) is 7.03. The second-order valence-corrected chi connectivity index (χ2v) is 3.14. The standard InChI is InChI=1S/C6H6ClFS/c1-4-5(7)3-9-6(4)2-8/h3H,2H2,1H3. The molecule has 0 unspecified atom stereocenters. The van der Waals surface area contributed by atoms with Crippen LogP contribution in [0, 0.1) is 6.92 Å². The van der Waals surface area contributed by atoms with E-state index < -0.39 is 6.67 Å². The summed E-state index contributed by atoms with van der Waals surface area (Å²) in [5.41, 5.74) is 0.879. The zero-order chi connectivity index (χ0) is 6.85. The summed E-state index contributed by atoms with van der Waals surface area (Å²) in [5, 5.41) is 2.43. The van der Waals surface area contributed by atoms with Crippen LogP contribution in [0.5, 0.6) is 0 Å². The first-order valence-electron chi connectivity index (χ1n) is 2.54. The minimum absolute atomic E-state index is 0.400. The van der Waals surface area contributed by atoms with E-state index in [1.165, 1.54) is 11.3 Å². The molecule has 50 valence electrons. The molecule has 0 aliphatic heterocycles. The summed E-state index contributed by atoms with van der Waals surface area (Å²) in [6.07, 6.45) is 0. The van der Waals surface area contributed by atoms with Gasteiger partial charge < -0.3 is 0 Å². The Balaban J connectivity index is 3.04. The Morgan fingerprint density at radius 3 is 2.67 bits per heavy atom. The average molecular weight is 165 g/mol. The number of halogens is 2. The molecule has 0 aromatic carbocycles. The molecule has 0 atom stereocenters. The van der Waals surface area contributed by atoms with Crippen molar-refractivity contribution in [3.63, 3.8) is 0 Å². The Bertz CT molecular complexity index is 207. The first-order chi connectivity index (χ1) is 4.25. The molecule has 0 saturated heterocycles. The van der Waals surface area contributed by atoms with Crippen LogP contribution in [0.2, 0.25) is 5.02 Å². The molecule has 9 heavy (non-hydrogen) atoms. The Kier molecular flexibility index (Phi) is 2.09. The van der Waals surface area contributed by atoms with Gasteiger partial charge in [-0.25, -0.2) is 4.39 Å². The summed E-state index contributed by atoms with van der Waals surface area (Å²) < 4.78 is 12.0. The molecule has 0 bridgehead atoms. The average Bonchev–Trinajstić information content (AvgIpc) is 2.15. The number of hydrogen-bond donors (Lipinski definition) is 0. The van der Waals surface area contributed by atoms with Gasteiger partial charge in [0, 0.05) is 10.3 Å². The van der Waals surface area contributed by atoms with E-state index in [-0.39, 0.29) is 0 Å². The van der Waals surface area contributed by atoms with E-state index in [4.69, 9.17) is 11.6 Å². The Labute approximate surface area is 62.3 Å². The molecule has 0 saturated carbocycles. The maximum Gasteiger partial charge on any atom is 0.124 e. The van der Waals surface area contributed by atoms with Crippen LogP contribution in [0.25, 0.3) is 0 Å². The van der Waals surface area contributed by atoms with E-state index >= 15 is 0 Å². The van der Waals surface area contributed by atoms with Gasteiger partial charge >= 0.3 is 0 Å². The number of alkyl halides is 1. The lowest BCUT2D eigenvalue weighted by Crippen LogP contribution is -1.73. The molecule has 0 spiro atoms. The van der Waals surface area contributed by atoms with Gasteiger partial charge in [0.15, 0.2) is 0 Å². The van der Waals surface area contributed by atoms with Gasteiger partial charge in [-0.3, -0.25) is 0 Å². The molecule has 1 heterocycles. The van der Waals surface area contributed by atoms with Crippen molar-refractivity contribution in [2.45, 2.75) is 13.6 Å². The predicted octanol–water partition coefficient (Wildman–Crippen LogP) is 3.18. The van der Waals surface area contributed by atoms with Crippen LogP contribution in [0.3, 0.4) is 0 Å². The molecule has 0 radical (unpaired) electrons. The van der Waals surface area contributed by atoms with Crippen LogP contribution in [0.1, 0.15) is 10.4 Å². The van der Waals surface area contributed by atoms with E-state index in [2.05, 4.69) is 0 Å². The molecule has 0 amide bonds. The second kappa shape index (κ2) is 2.67. The third-order valence-electron chi connectivity index (χ3n) is 1.20. The summed E-state index contributed by atoms with van der Waals surface area (Å²) >= 11 is 7.02. The summed E-state index contributed by atoms with van der Waals surface area (Å²) in [6, 6.07) is 0. The molecule has 1 rings (SSSR count). The smallest absolute Gasteiger partial charge is 0.124 e. The maximum absolute atomic E-state index is 12.0. The van der Waals surface area contributed by atoms with Gasteiger partial charge in [-0.1, -0.05) is 11.6 Å². The number of hydrogen-bond acceptors (Lipinski definition) is 1. The van der Waals surface area contributed by atoms with Gasteiger partial charge in [0.25, 0.3) is 0 Å². The van der Waals surface area contributed by atoms with Crippen LogP contribution < -0.4 is 0 Å². The fraction of sp³-hybridized carbons (Fsp3) is 0.333. The lowest BCUT2D eigenvalue weighted by molar-refractivity contribution is 0.490. The van der Waals surface area contributed by atoms with E-state index in [9.17, 15) is 4.39 Å². The SMILES string of the molecule is Cc1c(Cl)csc1CF. The molecular formula is C6H6ClFS. The quantitative estimate of drug-likeness (QED) is 0.598. The zero-order valence-electron chi connectivity index (χ0n) is 4.95. The second-order valence-electron chi connectivity index (χ2n) is 1.77. The maximum atomic E-state index is 12.0. The van der Waals surface area contributed by atoms with Gasteiger partial charge in [0.05, 0.1) is 5.02 Å². The van der Waals surface area contributed by atoms with E-state index in [0.717, 1.165) is 10.4 Å². The van der Waals surface area contributed by atoms with E-state index in [1.807, 2.05) is 6.92 Å². The third-order valence-corrected chi connectivity index (χ3v) is 2.78. The Morgan fingerprint density at radius 1 is 1.78 bits per heavy atom. The van der Waals surface area contributed by atoms with Gasteiger partial charge in [0.2, 0.25) is 0 Å². The first-order valence-corrected chi connectivity index (χ1v) is 3.80. The normalized spacial score (nSPS) is 10.1. The van der Waals surface area contributed by atoms with Crippen molar-refractivity contribution in [1.29, 1.82) is 0 Å². The van der Waals surface area contributed by atoms with Crippen LogP contribution >= 0.6 is 22.9 Å². The van der Waals surface area contributed by atoms with Crippen LogP contribution in [-0.2, 0) is 6.67 Å². The van der Waals surface area contributed by atoms with Crippen LogP contribution in [0.4, 0.5) is 4.39 Å². The van der Waals surface area contributed by atoms with Gasteiger partial charge in [-0.05, 0) is 12.5 Å². The van der Waals surface area contributed by atoms with Crippen molar-refractivity contribution in [3.8, 4) is 0 Å². The largest absolute Gasteiger partial charge is 0.245 e. The minimum atomic E-state index is -0.400. The molecule has 0 nitrogen and oxygen atoms in total. The fourth-order valence-corrected chi connectivity index (χ4v) is 1.64. The van der Waals surface area contributed by atoms with Gasteiger partial charge in [0.1, 0.15) is 6.67 Å². The lowest BCUT2D eigenvalue weighted by Gasteiger charge is -1.88. The van der Waals surface area contributed by atoms with Crippen molar-refractivity contribution >= 4 is 22.9 Å². The summed E-state index contributed by atoms with van der Waals surface area (Å²) in [7, 11) is 0. The predicted molar refractivity (Wildman–Crippen MR) is 38.9 cm³/mol. The molecule has 0 aliphatic rings. The Morgan fingerprint density at radius 2 is 2.44 bits per heavy atom. The highest BCUT2D eigenvalue weighted by Crippen LogP contribution is 2.26. The van der Waals surface area contributed by atoms with Crippen molar-refractivity contribution in [2.75, 3.05) is 0 Å². The Hall–Kier alpha value is -0.0800. The van der Waals surface area contributed by atoms with Gasteiger partial charge in [-0.15, -0.1) is 11.3 Å². The highest BCUT2D eigenvalue weighted by atomic mass is 35.5. The summed E-state index contributed by atoms with van der Waals surface area (Å²) in [6.45, 7) is 1.43. The molecule has 0 fully saturated rings. The number of thiophene rings is 1. The van der Waals surface area contributed by atoms with E-state index in [1.54, 1.807) is 5.38 Å². The highest BCUT2D eigenvalue weighted by molar-refractivity contribution is 7.10. The topological polar surface area (TPSA) is 0 Å². The number of rotatable bonds is 1. The molecule has 0 N–H and O–H groups in total. The molecule has 3 heteroatoms. The molecule has 1 aromatic heterocycles. The van der Waals surface area contributed by atoms with Crippen molar-refractivity contribution < 1.29 is 4.39 Å². The van der Waals surface area contributed by atoms with Crippen molar-refractivity contribution in [3.05, 3.63) is 20.8 Å². The van der Waals surface area contributed by atoms with Crippen molar-refractivity contribution in [2.24, 2.45) is 0 Å². The monoisotopic (exact) mass is 164 g/mol. The minimum Gasteiger partial charge on any atom is -0.245 e. The third kappa shape index (κ3) is 1.25. The lowest BCUT2D eigenvalue weighted by atomic mass is 10.3. The zero-order valence-corrected chi connectivity index (χ0v) is 6.52. The molecular weight excluding hydrogens is 159 g/mol. The van der Waals surface area contributed by atoms with Gasteiger partial charge in [-0.2, -0.15) is 0 Å². The van der Waals surface area contributed by atoms with Crippen molar-refractivity contribution in [1.82, 2.24) is 0 Å². The van der Waals surface area contributed by atoms with E-state index in [0.29, 0.717) is 5.02 Å². The van der Waals surface area contributed by atoms with Crippen LogP contribution in [-0.4, -0.2) is 0 Å². The molecule has 1 aromatic rings. The van der Waals surface area contributed by atoms with Crippen LogP contribution in [0.15, 0.2) is 5.38 Å². The highest BCUT2D eigenvalue weighted by Gasteiger charge is 2.03. The summed E-state index contributed by atoms with van der Waals surface area (Å²) in [5.74, 6) is 0. The molecule has 0 aliphatic carbocycles. The summed E-state index contributed by atoms with van der Waals surface area (Å²) in [4.78, 5) is 0.736.